The van der Waals surface area contributed by atoms with Gasteiger partial charge in [-0.15, -0.1) is 0 Å². The second kappa shape index (κ2) is 4.81. The van der Waals surface area contributed by atoms with Gasteiger partial charge in [0.05, 0.1) is 18.8 Å². The third-order valence-corrected chi connectivity index (χ3v) is 3.83. The van der Waals surface area contributed by atoms with Gasteiger partial charge in [-0.05, 0) is 32.6 Å². The van der Waals surface area contributed by atoms with Crippen molar-refractivity contribution in [3.05, 3.63) is 0 Å². The molecule has 3 nitrogen and oxygen atoms in total. The van der Waals surface area contributed by atoms with Crippen LogP contribution < -0.4 is 0 Å². The molecule has 2 rings (SSSR count). The highest BCUT2D eigenvalue weighted by Gasteiger charge is 2.35. The first kappa shape index (κ1) is 11.4. The maximum Gasteiger partial charge on any atom is 0.0674 e. The van der Waals surface area contributed by atoms with Crippen molar-refractivity contribution in [2.75, 3.05) is 13.2 Å². The minimum atomic E-state index is -0.0642. The van der Waals surface area contributed by atoms with Crippen LogP contribution in [0.1, 0.15) is 39.5 Å². The van der Waals surface area contributed by atoms with E-state index in [-0.39, 0.29) is 6.10 Å². The van der Waals surface area contributed by atoms with Crippen LogP contribution in [-0.2, 0) is 4.74 Å². The topological polar surface area (TPSA) is 32.7 Å². The van der Waals surface area contributed by atoms with Gasteiger partial charge < -0.3 is 9.84 Å². The second-order valence-electron chi connectivity index (χ2n) is 5.02. The Kier molecular flexibility index (Phi) is 3.65. The van der Waals surface area contributed by atoms with Gasteiger partial charge in [0, 0.05) is 18.6 Å². The summed E-state index contributed by atoms with van der Waals surface area (Å²) in [4.78, 5) is 2.57. The normalized spacial score (nSPS) is 43.4. The molecule has 1 N–H and O–H groups in total. The maximum atomic E-state index is 9.60. The van der Waals surface area contributed by atoms with Crippen molar-refractivity contribution in [1.82, 2.24) is 4.90 Å². The Bertz CT molecular complexity index is 210. The lowest BCUT2D eigenvalue weighted by molar-refractivity contribution is -0.0727. The molecule has 0 bridgehead atoms. The van der Waals surface area contributed by atoms with Crippen LogP contribution >= 0.6 is 0 Å². The summed E-state index contributed by atoms with van der Waals surface area (Å²) in [5.74, 6) is 0. The van der Waals surface area contributed by atoms with Crippen molar-refractivity contribution in [3.63, 3.8) is 0 Å². The fraction of sp³-hybridized carbons (Fsp3) is 1.00. The van der Waals surface area contributed by atoms with E-state index >= 15 is 0 Å². The first-order valence-electron chi connectivity index (χ1n) is 6.26. The van der Waals surface area contributed by atoms with Gasteiger partial charge in [0.25, 0.3) is 0 Å². The van der Waals surface area contributed by atoms with Crippen LogP contribution in [0, 0.1) is 0 Å². The van der Waals surface area contributed by atoms with Crippen LogP contribution in [0.15, 0.2) is 0 Å². The van der Waals surface area contributed by atoms with Gasteiger partial charge in [0.15, 0.2) is 0 Å². The molecule has 0 aromatic heterocycles. The summed E-state index contributed by atoms with van der Waals surface area (Å²) in [7, 11) is 0. The molecule has 2 fully saturated rings. The van der Waals surface area contributed by atoms with Crippen LogP contribution in [-0.4, -0.2) is 47.4 Å². The number of nitrogens with zero attached hydrogens (tertiary/aromatic N) is 1. The van der Waals surface area contributed by atoms with Crippen LogP contribution in [0.2, 0.25) is 0 Å². The molecule has 0 amide bonds. The van der Waals surface area contributed by atoms with E-state index in [1.54, 1.807) is 0 Å². The highest BCUT2D eigenvalue weighted by Crippen LogP contribution is 2.28. The molecule has 15 heavy (non-hydrogen) atoms. The minimum Gasteiger partial charge on any atom is -0.393 e. The van der Waals surface area contributed by atoms with Crippen LogP contribution in [0.25, 0.3) is 0 Å². The lowest BCUT2D eigenvalue weighted by Crippen LogP contribution is -2.52. The largest absolute Gasteiger partial charge is 0.393 e. The molecule has 4 unspecified atom stereocenters. The van der Waals surface area contributed by atoms with Crippen LogP contribution in [0.5, 0.6) is 0 Å². The average Bonchev–Trinajstić information content (AvgIpc) is 2.65. The number of rotatable bonds is 2. The molecular weight excluding hydrogens is 190 g/mol. The van der Waals surface area contributed by atoms with Crippen molar-refractivity contribution < 1.29 is 9.84 Å². The summed E-state index contributed by atoms with van der Waals surface area (Å²) in [6, 6.07) is 1.16. The number of hydrogen-bond donors (Lipinski definition) is 1. The van der Waals surface area contributed by atoms with Crippen molar-refractivity contribution in [2.45, 2.75) is 63.8 Å². The SMILES string of the molecule is CCC1COC(C)CN1C1CCC(O)C1. The Morgan fingerprint density at radius 1 is 1.40 bits per heavy atom. The van der Waals surface area contributed by atoms with Gasteiger partial charge in [-0.25, -0.2) is 0 Å². The first-order valence-corrected chi connectivity index (χ1v) is 6.26. The van der Waals surface area contributed by atoms with Crippen LogP contribution in [0.4, 0.5) is 0 Å². The third kappa shape index (κ3) is 2.52. The van der Waals surface area contributed by atoms with Gasteiger partial charge in [-0.3, -0.25) is 4.90 Å². The lowest BCUT2D eigenvalue weighted by Gasteiger charge is -2.42. The Morgan fingerprint density at radius 3 is 2.80 bits per heavy atom. The summed E-state index contributed by atoms with van der Waals surface area (Å²) < 4.78 is 5.69. The molecule has 0 spiro atoms. The van der Waals surface area contributed by atoms with Crippen LogP contribution in [0.3, 0.4) is 0 Å². The minimum absolute atomic E-state index is 0.0642. The zero-order valence-electron chi connectivity index (χ0n) is 9.85. The molecule has 88 valence electrons. The molecule has 0 aromatic carbocycles. The number of morpholine rings is 1. The smallest absolute Gasteiger partial charge is 0.0674 e. The number of ether oxygens (including phenoxy) is 1. The highest BCUT2D eigenvalue weighted by atomic mass is 16.5. The van der Waals surface area contributed by atoms with E-state index in [9.17, 15) is 5.11 Å². The molecule has 1 aliphatic heterocycles. The average molecular weight is 213 g/mol. The van der Waals surface area contributed by atoms with E-state index in [0.29, 0.717) is 18.2 Å². The lowest BCUT2D eigenvalue weighted by atomic mass is 10.1. The molecule has 2 aliphatic rings. The van der Waals surface area contributed by atoms with Crippen molar-refractivity contribution in [1.29, 1.82) is 0 Å². The summed E-state index contributed by atoms with van der Waals surface area (Å²) in [5, 5.41) is 9.60. The summed E-state index contributed by atoms with van der Waals surface area (Å²) >= 11 is 0. The van der Waals surface area contributed by atoms with Crippen molar-refractivity contribution in [3.8, 4) is 0 Å². The van der Waals surface area contributed by atoms with E-state index in [4.69, 9.17) is 4.74 Å². The maximum absolute atomic E-state index is 9.60. The first-order chi connectivity index (χ1) is 7.20. The molecule has 0 radical (unpaired) electrons. The zero-order valence-corrected chi connectivity index (χ0v) is 9.85. The molecule has 1 aliphatic carbocycles. The molecule has 4 atom stereocenters. The fourth-order valence-corrected chi connectivity index (χ4v) is 2.91. The molecule has 1 saturated carbocycles. The predicted molar refractivity (Wildman–Crippen MR) is 59.8 cm³/mol. The van der Waals surface area contributed by atoms with E-state index in [2.05, 4.69) is 18.7 Å². The molecule has 1 heterocycles. The van der Waals surface area contributed by atoms with Gasteiger partial charge >= 0.3 is 0 Å². The highest BCUT2D eigenvalue weighted by molar-refractivity contribution is 4.89. The second-order valence-corrected chi connectivity index (χ2v) is 5.02. The number of hydrogen-bond acceptors (Lipinski definition) is 3. The number of aliphatic hydroxyl groups is 1. The monoisotopic (exact) mass is 213 g/mol. The van der Waals surface area contributed by atoms with E-state index in [0.717, 1.165) is 38.8 Å². The van der Waals surface area contributed by atoms with Gasteiger partial charge in [-0.1, -0.05) is 6.92 Å². The van der Waals surface area contributed by atoms with E-state index in [1.807, 2.05) is 0 Å². The molecule has 3 heteroatoms. The summed E-state index contributed by atoms with van der Waals surface area (Å²) in [6.07, 6.45) is 4.54. The Labute approximate surface area is 92.4 Å². The molecule has 0 aromatic rings. The summed E-state index contributed by atoms with van der Waals surface area (Å²) in [6.45, 7) is 6.27. The van der Waals surface area contributed by atoms with E-state index < -0.39 is 0 Å². The van der Waals surface area contributed by atoms with Crippen molar-refractivity contribution >= 4 is 0 Å². The van der Waals surface area contributed by atoms with Gasteiger partial charge in [0.2, 0.25) is 0 Å². The standard InChI is InChI=1S/C12H23NO2/c1-3-10-8-15-9(2)7-13(10)11-4-5-12(14)6-11/h9-12,14H,3-8H2,1-2H3. The quantitative estimate of drug-likeness (QED) is 0.752. The Hall–Kier alpha value is -0.120. The Morgan fingerprint density at radius 2 is 2.20 bits per heavy atom. The molecule has 1 saturated heterocycles. The fourth-order valence-electron chi connectivity index (χ4n) is 2.91. The zero-order chi connectivity index (χ0) is 10.8. The van der Waals surface area contributed by atoms with Gasteiger partial charge in [0.1, 0.15) is 0 Å². The Balaban J connectivity index is 1.97. The van der Waals surface area contributed by atoms with Gasteiger partial charge in [-0.2, -0.15) is 0 Å². The predicted octanol–water partition coefficient (Wildman–Crippen LogP) is 1.40. The third-order valence-electron chi connectivity index (χ3n) is 3.83. The van der Waals surface area contributed by atoms with E-state index in [1.165, 1.54) is 0 Å². The van der Waals surface area contributed by atoms with Crippen molar-refractivity contribution in [2.24, 2.45) is 0 Å². The number of aliphatic hydroxyl groups excluding tert-OH is 1. The molecular formula is C12H23NO2. The summed E-state index contributed by atoms with van der Waals surface area (Å²) in [5.41, 5.74) is 0.